The van der Waals surface area contributed by atoms with E-state index in [1.165, 1.54) is 0 Å². The number of nitrogens with one attached hydrogen (secondary N) is 1. The van der Waals surface area contributed by atoms with Crippen LogP contribution in [0.15, 0.2) is 0 Å². The van der Waals surface area contributed by atoms with E-state index in [-0.39, 0.29) is 24.2 Å². The topological polar surface area (TPSA) is 75.7 Å². The second kappa shape index (κ2) is 5.32. The van der Waals surface area contributed by atoms with Gasteiger partial charge in [-0.1, -0.05) is 0 Å². The molecule has 98 valence electrons. The Hall–Kier alpha value is -0.660. The van der Waals surface area contributed by atoms with Gasteiger partial charge in [0.1, 0.15) is 0 Å². The summed E-state index contributed by atoms with van der Waals surface area (Å²) in [5, 5.41) is 3.24. The van der Waals surface area contributed by atoms with Gasteiger partial charge in [0.25, 0.3) is 0 Å². The van der Waals surface area contributed by atoms with Gasteiger partial charge in [-0.3, -0.25) is 4.79 Å². The minimum atomic E-state index is -3.36. The van der Waals surface area contributed by atoms with Crippen LogP contribution < -0.4 is 5.32 Å². The average molecular weight is 262 g/mol. The molecule has 1 amide bonds. The van der Waals surface area contributed by atoms with Crippen LogP contribution in [0.4, 0.5) is 0 Å². The lowest BCUT2D eigenvalue weighted by atomic mass is 10.2. The number of amides is 1. The SMILES string of the molecule is O=C1CCCS(=O)(=O)N1CCC1COCCN1. The molecule has 2 rings (SSSR count). The third-order valence-electron chi connectivity index (χ3n) is 3.09. The van der Waals surface area contributed by atoms with Crippen molar-refractivity contribution in [1.29, 1.82) is 0 Å². The van der Waals surface area contributed by atoms with E-state index >= 15 is 0 Å². The van der Waals surface area contributed by atoms with Gasteiger partial charge in [0.05, 0.1) is 19.0 Å². The Morgan fingerprint density at radius 3 is 2.94 bits per heavy atom. The van der Waals surface area contributed by atoms with Gasteiger partial charge in [-0.25, -0.2) is 12.7 Å². The summed E-state index contributed by atoms with van der Waals surface area (Å²) >= 11 is 0. The molecule has 0 bridgehead atoms. The van der Waals surface area contributed by atoms with E-state index < -0.39 is 10.0 Å². The van der Waals surface area contributed by atoms with Crippen LogP contribution in [-0.2, 0) is 19.6 Å². The van der Waals surface area contributed by atoms with Crippen molar-refractivity contribution in [2.75, 3.05) is 32.1 Å². The first kappa shape index (κ1) is 12.8. The predicted octanol–water partition coefficient (Wildman–Crippen LogP) is -0.683. The first-order valence-electron chi connectivity index (χ1n) is 5.94. The number of nitrogens with zero attached hydrogens (tertiary/aromatic N) is 1. The second-order valence-electron chi connectivity index (χ2n) is 4.40. The molecular weight excluding hydrogens is 244 g/mol. The van der Waals surface area contributed by atoms with Crippen molar-refractivity contribution in [3.8, 4) is 0 Å². The predicted molar refractivity (Wildman–Crippen MR) is 62.0 cm³/mol. The van der Waals surface area contributed by atoms with Crippen molar-refractivity contribution in [2.45, 2.75) is 25.3 Å². The van der Waals surface area contributed by atoms with Gasteiger partial charge in [-0.2, -0.15) is 0 Å². The lowest BCUT2D eigenvalue weighted by Crippen LogP contribution is -2.47. The quantitative estimate of drug-likeness (QED) is 0.729. The molecule has 0 aromatic heterocycles. The van der Waals surface area contributed by atoms with E-state index in [2.05, 4.69) is 5.32 Å². The third-order valence-corrected chi connectivity index (χ3v) is 4.95. The van der Waals surface area contributed by atoms with Gasteiger partial charge in [0.15, 0.2) is 0 Å². The van der Waals surface area contributed by atoms with Crippen LogP contribution >= 0.6 is 0 Å². The number of carbonyl (C=O) groups is 1. The Balaban J connectivity index is 1.89. The minimum Gasteiger partial charge on any atom is -0.379 e. The van der Waals surface area contributed by atoms with Crippen molar-refractivity contribution < 1.29 is 17.9 Å². The fourth-order valence-electron chi connectivity index (χ4n) is 2.14. The average Bonchev–Trinajstić information content (AvgIpc) is 2.29. The Morgan fingerprint density at radius 2 is 2.29 bits per heavy atom. The molecule has 0 radical (unpaired) electrons. The number of hydrogen-bond donors (Lipinski definition) is 1. The van der Waals surface area contributed by atoms with Crippen molar-refractivity contribution >= 4 is 15.9 Å². The van der Waals surface area contributed by atoms with Gasteiger partial charge < -0.3 is 10.1 Å². The molecule has 0 aromatic carbocycles. The molecule has 0 aromatic rings. The van der Waals surface area contributed by atoms with Gasteiger partial charge in [0, 0.05) is 25.6 Å². The number of sulfonamides is 1. The van der Waals surface area contributed by atoms with Crippen molar-refractivity contribution in [2.24, 2.45) is 0 Å². The fourth-order valence-corrected chi connectivity index (χ4v) is 3.65. The summed E-state index contributed by atoms with van der Waals surface area (Å²) in [7, 11) is -3.36. The maximum atomic E-state index is 11.7. The monoisotopic (exact) mass is 262 g/mol. The summed E-state index contributed by atoms with van der Waals surface area (Å²) in [5.74, 6) is -0.180. The molecule has 0 saturated carbocycles. The lowest BCUT2D eigenvalue weighted by Gasteiger charge is -2.29. The first-order chi connectivity index (χ1) is 8.09. The highest BCUT2D eigenvalue weighted by molar-refractivity contribution is 7.89. The van der Waals surface area contributed by atoms with Crippen LogP contribution in [0.5, 0.6) is 0 Å². The highest BCUT2D eigenvalue weighted by Gasteiger charge is 2.31. The summed E-state index contributed by atoms with van der Waals surface area (Å²) in [5.41, 5.74) is 0. The molecular formula is C10H18N2O4S. The second-order valence-corrected chi connectivity index (χ2v) is 6.41. The Bertz CT molecular complexity index is 376. The molecule has 2 saturated heterocycles. The number of carbonyl (C=O) groups excluding carboxylic acids is 1. The van der Waals surface area contributed by atoms with Crippen LogP contribution in [0, 0.1) is 0 Å². The highest BCUT2D eigenvalue weighted by atomic mass is 32.2. The molecule has 1 unspecified atom stereocenters. The van der Waals surface area contributed by atoms with Gasteiger partial charge in [0.2, 0.25) is 15.9 Å². The van der Waals surface area contributed by atoms with E-state index in [1.54, 1.807) is 0 Å². The van der Waals surface area contributed by atoms with Gasteiger partial charge >= 0.3 is 0 Å². The summed E-state index contributed by atoms with van der Waals surface area (Å²) in [4.78, 5) is 11.6. The number of hydrogen-bond acceptors (Lipinski definition) is 5. The summed E-state index contributed by atoms with van der Waals surface area (Å²) in [6.07, 6.45) is 1.40. The maximum Gasteiger partial charge on any atom is 0.237 e. The maximum absolute atomic E-state index is 11.7. The van der Waals surface area contributed by atoms with E-state index in [1.807, 2.05) is 0 Å². The normalized spacial score (nSPS) is 29.3. The fraction of sp³-hybridized carbons (Fsp3) is 0.900. The number of rotatable bonds is 3. The molecule has 2 aliphatic heterocycles. The Morgan fingerprint density at radius 1 is 1.47 bits per heavy atom. The van der Waals surface area contributed by atoms with E-state index in [0.717, 1.165) is 10.8 Å². The molecule has 2 aliphatic rings. The zero-order chi connectivity index (χ0) is 12.3. The van der Waals surface area contributed by atoms with Crippen LogP contribution in [0.1, 0.15) is 19.3 Å². The summed E-state index contributed by atoms with van der Waals surface area (Å²) in [6.45, 7) is 2.33. The van der Waals surface area contributed by atoms with Crippen LogP contribution in [0.2, 0.25) is 0 Å². The third kappa shape index (κ3) is 3.17. The molecule has 1 N–H and O–H groups in total. The number of morpholine rings is 1. The summed E-state index contributed by atoms with van der Waals surface area (Å²) in [6, 6.07) is 0.147. The Labute approximate surface area is 101 Å². The minimum absolute atomic E-state index is 0.0906. The van der Waals surface area contributed by atoms with E-state index in [0.29, 0.717) is 32.5 Å². The van der Waals surface area contributed by atoms with Gasteiger partial charge in [-0.05, 0) is 12.8 Å². The molecule has 0 spiro atoms. The summed E-state index contributed by atoms with van der Waals surface area (Å²) < 4.78 is 29.8. The standard InChI is InChI=1S/C10H18N2O4S/c13-10-2-1-7-17(14,15)12(10)5-3-9-8-16-6-4-11-9/h9,11H,1-8H2. The smallest absolute Gasteiger partial charge is 0.237 e. The lowest BCUT2D eigenvalue weighted by molar-refractivity contribution is -0.127. The number of ether oxygens (including phenoxy) is 1. The molecule has 6 nitrogen and oxygen atoms in total. The van der Waals surface area contributed by atoms with E-state index in [4.69, 9.17) is 4.74 Å². The molecule has 2 heterocycles. The zero-order valence-corrected chi connectivity index (χ0v) is 10.5. The molecule has 0 aliphatic carbocycles. The van der Waals surface area contributed by atoms with Crippen molar-refractivity contribution in [1.82, 2.24) is 9.62 Å². The molecule has 1 atom stereocenters. The first-order valence-corrected chi connectivity index (χ1v) is 7.55. The van der Waals surface area contributed by atoms with Crippen LogP contribution in [0.3, 0.4) is 0 Å². The van der Waals surface area contributed by atoms with Crippen molar-refractivity contribution in [3.63, 3.8) is 0 Å². The van der Waals surface area contributed by atoms with Gasteiger partial charge in [-0.15, -0.1) is 0 Å². The van der Waals surface area contributed by atoms with Crippen LogP contribution in [0.25, 0.3) is 0 Å². The molecule has 2 fully saturated rings. The molecule has 17 heavy (non-hydrogen) atoms. The van der Waals surface area contributed by atoms with E-state index in [9.17, 15) is 13.2 Å². The highest BCUT2D eigenvalue weighted by Crippen LogP contribution is 2.16. The molecule has 7 heteroatoms. The largest absolute Gasteiger partial charge is 0.379 e. The zero-order valence-electron chi connectivity index (χ0n) is 9.72. The van der Waals surface area contributed by atoms with Crippen LogP contribution in [-0.4, -0.2) is 56.7 Å². The Kier molecular flexibility index (Phi) is 4.01. The van der Waals surface area contributed by atoms with Crippen molar-refractivity contribution in [3.05, 3.63) is 0 Å².